The molecule has 0 radical (unpaired) electrons. The first-order valence-corrected chi connectivity index (χ1v) is 15.5. The van der Waals surface area contributed by atoms with Crippen molar-refractivity contribution in [2.45, 2.75) is 91.6 Å². The van der Waals surface area contributed by atoms with Crippen molar-refractivity contribution >= 4 is 17.5 Å². The number of benzene rings is 1. The number of halogens is 1. The van der Waals surface area contributed by atoms with E-state index in [0.29, 0.717) is 43.1 Å². The van der Waals surface area contributed by atoms with Crippen molar-refractivity contribution in [2.24, 2.45) is 35.5 Å². The Balaban J connectivity index is 1.48. The van der Waals surface area contributed by atoms with E-state index in [9.17, 15) is 14.0 Å². The molecule has 0 spiro atoms. The van der Waals surface area contributed by atoms with Gasteiger partial charge < -0.3 is 9.47 Å². The molecule has 0 amide bonds. The molecule has 0 N–H and O–H groups in total. The van der Waals surface area contributed by atoms with Crippen LogP contribution in [0, 0.1) is 41.3 Å². The normalized spacial score (nSPS) is 29.6. The smallest absolute Gasteiger partial charge is 0.306 e. The van der Waals surface area contributed by atoms with E-state index in [2.05, 4.69) is 38.2 Å². The minimum Gasteiger partial charge on any atom is -0.466 e. The lowest BCUT2D eigenvalue weighted by molar-refractivity contribution is -0.143. The van der Waals surface area contributed by atoms with Gasteiger partial charge in [0.2, 0.25) is 0 Å². The first-order valence-electron chi connectivity index (χ1n) is 15.5. The molecule has 2 aliphatic carbocycles. The van der Waals surface area contributed by atoms with Crippen LogP contribution in [0.4, 0.5) is 4.39 Å². The molecule has 4 nitrogen and oxygen atoms in total. The van der Waals surface area contributed by atoms with Gasteiger partial charge in [0.15, 0.2) is 0 Å². The van der Waals surface area contributed by atoms with Crippen LogP contribution in [0.25, 0.3) is 5.57 Å². The third kappa shape index (κ3) is 7.73. The monoisotopic (exact) mass is 550 g/mol. The van der Waals surface area contributed by atoms with Crippen LogP contribution in [0.15, 0.2) is 54.1 Å². The van der Waals surface area contributed by atoms with Crippen LogP contribution in [-0.2, 0) is 19.1 Å². The number of allylic oxidation sites excluding steroid dienone is 6. The molecule has 3 aliphatic rings. The van der Waals surface area contributed by atoms with Crippen LogP contribution >= 0.6 is 0 Å². The Morgan fingerprint density at radius 3 is 2.65 bits per heavy atom. The van der Waals surface area contributed by atoms with Crippen LogP contribution < -0.4 is 0 Å². The predicted molar refractivity (Wildman–Crippen MR) is 158 cm³/mol. The molecular formula is C35H47FO4. The number of cyclic esters (lactones) is 1. The maximum Gasteiger partial charge on any atom is 0.306 e. The molecule has 4 rings (SSSR count). The van der Waals surface area contributed by atoms with Crippen molar-refractivity contribution in [1.29, 1.82) is 0 Å². The lowest BCUT2D eigenvalue weighted by Gasteiger charge is -2.42. The van der Waals surface area contributed by atoms with Gasteiger partial charge in [0, 0.05) is 12.3 Å². The summed E-state index contributed by atoms with van der Waals surface area (Å²) in [7, 11) is 0. The fraction of sp³-hybridized carbons (Fsp3) is 0.600. The van der Waals surface area contributed by atoms with E-state index < -0.39 is 0 Å². The summed E-state index contributed by atoms with van der Waals surface area (Å²) in [5, 5.41) is 0. The van der Waals surface area contributed by atoms with E-state index in [1.807, 2.05) is 19.9 Å². The Bertz CT molecular complexity index is 1120. The van der Waals surface area contributed by atoms with Gasteiger partial charge in [-0.3, -0.25) is 9.59 Å². The molecule has 218 valence electrons. The minimum absolute atomic E-state index is 0.0688. The highest BCUT2D eigenvalue weighted by Gasteiger charge is 2.43. The van der Waals surface area contributed by atoms with E-state index >= 15 is 0 Å². The van der Waals surface area contributed by atoms with E-state index in [1.165, 1.54) is 30.1 Å². The van der Waals surface area contributed by atoms with Crippen molar-refractivity contribution < 1.29 is 23.5 Å². The zero-order valence-electron chi connectivity index (χ0n) is 24.7. The zero-order chi connectivity index (χ0) is 28.6. The van der Waals surface area contributed by atoms with Crippen LogP contribution in [0.3, 0.4) is 0 Å². The molecule has 5 heteroatoms. The fourth-order valence-corrected chi connectivity index (χ4v) is 7.44. The molecule has 1 saturated carbocycles. The van der Waals surface area contributed by atoms with Gasteiger partial charge in [-0.2, -0.15) is 0 Å². The topological polar surface area (TPSA) is 52.6 Å². The van der Waals surface area contributed by atoms with Crippen LogP contribution in [-0.4, -0.2) is 24.6 Å². The number of ether oxygens (including phenoxy) is 2. The van der Waals surface area contributed by atoms with E-state index in [4.69, 9.17) is 9.47 Å². The largest absolute Gasteiger partial charge is 0.466 e. The summed E-state index contributed by atoms with van der Waals surface area (Å²) in [6.07, 6.45) is 17.4. The Kier molecular flexibility index (Phi) is 10.8. The highest BCUT2D eigenvalue weighted by atomic mass is 19.1. The van der Waals surface area contributed by atoms with Gasteiger partial charge in [0.25, 0.3) is 0 Å². The maximum absolute atomic E-state index is 13.8. The van der Waals surface area contributed by atoms with E-state index in [0.717, 1.165) is 37.7 Å². The SMILES string of the molecule is CCOC(=O)CCC[C@@H]1CC[C@H]([C@@H](/C=C/C2=CC=C(c3cccc(F)c3)C(C)C2)[C@@H]2CC(=O)O[C@H]2C)[C@H](CC)C1. The first kappa shape index (κ1) is 30.3. The molecule has 40 heavy (non-hydrogen) atoms. The molecule has 1 aromatic carbocycles. The van der Waals surface area contributed by atoms with Crippen molar-refractivity contribution in [2.75, 3.05) is 6.61 Å². The number of esters is 2. The molecule has 1 saturated heterocycles. The number of carbonyl (C=O) groups is 2. The predicted octanol–water partition coefficient (Wildman–Crippen LogP) is 8.48. The Labute approximate surface area is 240 Å². The summed E-state index contributed by atoms with van der Waals surface area (Å²) in [6.45, 7) is 8.85. The Hall–Kier alpha value is -2.69. The van der Waals surface area contributed by atoms with Crippen LogP contribution in [0.2, 0.25) is 0 Å². The van der Waals surface area contributed by atoms with Crippen molar-refractivity contribution in [1.82, 2.24) is 0 Å². The van der Waals surface area contributed by atoms with Crippen molar-refractivity contribution in [3.8, 4) is 0 Å². The zero-order valence-corrected chi connectivity index (χ0v) is 24.7. The first-order chi connectivity index (χ1) is 19.3. The Morgan fingerprint density at radius 1 is 1.15 bits per heavy atom. The maximum atomic E-state index is 13.8. The summed E-state index contributed by atoms with van der Waals surface area (Å²) in [5.74, 6) is 2.18. The summed E-state index contributed by atoms with van der Waals surface area (Å²) in [4.78, 5) is 24.1. The minimum atomic E-state index is -0.204. The van der Waals surface area contributed by atoms with E-state index in [-0.39, 0.29) is 35.7 Å². The third-order valence-corrected chi connectivity index (χ3v) is 9.52. The lowest BCUT2D eigenvalue weighted by Crippen LogP contribution is -2.35. The molecule has 7 atom stereocenters. The molecule has 1 heterocycles. The van der Waals surface area contributed by atoms with Gasteiger partial charge in [0.05, 0.1) is 13.0 Å². The van der Waals surface area contributed by atoms with Crippen LogP contribution in [0.5, 0.6) is 0 Å². The highest BCUT2D eigenvalue weighted by molar-refractivity contribution is 5.72. The molecule has 2 fully saturated rings. The second kappa shape index (κ2) is 14.3. The summed E-state index contributed by atoms with van der Waals surface area (Å²) in [5.41, 5.74) is 3.39. The molecule has 1 aromatic rings. The summed E-state index contributed by atoms with van der Waals surface area (Å²) >= 11 is 0. The van der Waals surface area contributed by atoms with Crippen molar-refractivity contribution in [3.63, 3.8) is 0 Å². The number of hydrogen-bond acceptors (Lipinski definition) is 4. The van der Waals surface area contributed by atoms with Gasteiger partial charge >= 0.3 is 11.9 Å². The average molecular weight is 551 g/mol. The fourth-order valence-electron chi connectivity index (χ4n) is 7.44. The summed E-state index contributed by atoms with van der Waals surface area (Å²) < 4.78 is 24.6. The van der Waals surface area contributed by atoms with Crippen LogP contribution in [0.1, 0.15) is 91.0 Å². The lowest BCUT2D eigenvalue weighted by atomic mass is 9.63. The number of rotatable bonds is 11. The van der Waals surface area contributed by atoms with Gasteiger partial charge in [-0.05, 0) is 104 Å². The van der Waals surface area contributed by atoms with Gasteiger partial charge in [-0.25, -0.2) is 4.39 Å². The van der Waals surface area contributed by atoms with Crippen molar-refractivity contribution in [3.05, 3.63) is 65.5 Å². The highest BCUT2D eigenvalue weighted by Crippen LogP contribution is 2.47. The standard InChI is InChI=1S/C35H47FO4/c1-5-27-20-25(9-7-12-34(37)39-6-2)14-17-31(27)32(33-22-35(38)40-24(33)4)18-15-26-13-16-30(23(3)19-26)28-10-8-11-29(36)21-28/h8,10-11,13,15-16,18,21,23-25,27,31-33H,5-7,9,12,14,17,19-20,22H2,1-4H3/b18-15+/t23?,24-,25+,27+,31-,32+,33+/m0/s1. The van der Waals surface area contributed by atoms with E-state index in [1.54, 1.807) is 12.1 Å². The summed E-state index contributed by atoms with van der Waals surface area (Å²) in [6, 6.07) is 6.85. The third-order valence-electron chi connectivity index (χ3n) is 9.52. The molecule has 0 aromatic heterocycles. The molecule has 1 unspecified atom stereocenters. The second-order valence-electron chi connectivity index (χ2n) is 12.2. The quantitative estimate of drug-likeness (QED) is 0.259. The van der Waals surface area contributed by atoms with Gasteiger partial charge in [0.1, 0.15) is 11.9 Å². The molecular weight excluding hydrogens is 503 g/mol. The van der Waals surface area contributed by atoms with Gasteiger partial charge in [-0.15, -0.1) is 0 Å². The van der Waals surface area contributed by atoms with Gasteiger partial charge in [-0.1, -0.05) is 63.1 Å². The molecule has 1 aliphatic heterocycles. The number of hydrogen-bond donors (Lipinski definition) is 0. The Morgan fingerprint density at radius 2 is 1.98 bits per heavy atom. The second-order valence-corrected chi connectivity index (χ2v) is 12.2. The average Bonchev–Trinajstić information content (AvgIpc) is 3.26. The molecule has 0 bridgehead atoms. The number of carbonyl (C=O) groups excluding carboxylic acids is 2.